The number of allylic oxidation sites excluding steroid dienone is 1. The Morgan fingerprint density at radius 2 is 2.06 bits per heavy atom. The van der Waals surface area contributed by atoms with Gasteiger partial charge in [0.2, 0.25) is 11.8 Å². The second-order valence-electron chi connectivity index (χ2n) is 10.1. The van der Waals surface area contributed by atoms with Crippen molar-refractivity contribution < 1.29 is 22.8 Å². The third-order valence-electron chi connectivity index (χ3n) is 7.84. The van der Waals surface area contributed by atoms with E-state index < -0.39 is 23.9 Å². The lowest BCUT2D eigenvalue weighted by atomic mass is 9.75. The van der Waals surface area contributed by atoms with Crippen LogP contribution in [0.1, 0.15) is 68.5 Å². The quantitative estimate of drug-likeness (QED) is 0.475. The van der Waals surface area contributed by atoms with E-state index in [1.165, 1.54) is 24.5 Å². The Bertz CT molecular complexity index is 998. The fourth-order valence-electron chi connectivity index (χ4n) is 5.94. The normalized spacial score (nSPS) is 31.2. The first-order valence-corrected chi connectivity index (χ1v) is 12.5. The molecule has 10 heteroatoms. The van der Waals surface area contributed by atoms with Gasteiger partial charge in [0, 0.05) is 18.5 Å². The van der Waals surface area contributed by atoms with Gasteiger partial charge in [-0.3, -0.25) is 9.59 Å². The molecule has 1 aromatic carbocycles. The minimum absolute atomic E-state index is 0.0176. The molecule has 5 rings (SSSR count). The van der Waals surface area contributed by atoms with E-state index in [0.717, 1.165) is 31.4 Å². The van der Waals surface area contributed by atoms with Gasteiger partial charge in [-0.05, 0) is 69.1 Å². The molecule has 2 amide bonds. The van der Waals surface area contributed by atoms with Crippen molar-refractivity contribution >= 4 is 11.8 Å². The number of hydrogen-bond donors (Lipinski definition) is 4. The average Bonchev–Trinajstić information content (AvgIpc) is 3.28. The number of nitrogens with one attached hydrogen (secondary N) is 4. The van der Waals surface area contributed by atoms with Gasteiger partial charge in [0.05, 0.1) is 17.5 Å². The zero-order chi connectivity index (χ0) is 24.6. The highest BCUT2D eigenvalue weighted by Crippen LogP contribution is 2.39. The molecule has 1 saturated carbocycles. The highest BCUT2D eigenvalue weighted by molar-refractivity contribution is 5.83. The fourth-order valence-corrected chi connectivity index (χ4v) is 5.94. The molecule has 2 aliphatic heterocycles. The molecule has 5 atom stereocenters. The van der Waals surface area contributed by atoms with Gasteiger partial charge in [0.15, 0.2) is 0 Å². The molecule has 1 aromatic rings. The van der Waals surface area contributed by atoms with Crippen molar-refractivity contribution in [3.8, 4) is 0 Å². The summed E-state index contributed by atoms with van der Waals surface area (Å²) in [5.41, 5.74) is 7.25. The van der Waals surface area contributed by atoms with Crippen LogP contribution in [-0.4, -0.2) is 35.6 Å². The van der Waals surface area contributed by atoms with Crippen molar-refractivity contribution in [3.05, 3.63) is 47.0 Å². The van der Waals surface area contributed by atoms with E-state index in [9.17, 15) is 22.8 Å². The van der Waals surface area contributed by atoms with Gasteiger partial charge >= 0.3 is 6.18 Å². The summed E-state index contributed by atoms with van der Waals surface area (Å²) in [7, 11) is 0. The first kappa shape index (κ1) is 24.3. The molecule has 5 unspecified atom stereocenters. The van der Waals surface area contributed by atoms with Crippen LogP contribution in [0.15, 0.2) is 35.9 Å². The SMILES string of the molecule is O=C(NCCC1=CCCCC1)C1CCC2C(=O)NC3C(c4cccc(C(F)(F)F)c4)NNN3C2C1. The van der Waals surface area contributed by atoms with Crippen molar-refractivity contribution in [3.63, 3.8) is 0 Å². The van der Waals surface area contributed by atoms with Gasteiger partial charge in [-0.15, -0.1) is 0 Å². The minimum Gasteiger partial charge on any atom is -0.356 e. The number of nitrogens with zero attached hydrogens (tertiary/aromatic N) is 1. The Hall–Kier alpha value is -2.43. The predicted molar refractivity (Wildman–Crippen MR) is 123 cm³/mol. The number of benzene rings is 1. The molecule has 190 valence electrons. The molecule has 3 fully saturated rings. The average molecular weight is 492 g/mol. The van der Waals surface area contributed by atoms with Crippen LogP contribution in [0.4, 0.5) is 13.2 Å². The van der Waals surface area contributed by atoms with E-state index in [4.69, 9.17) is 0 Å². The molecule has 0 radical (unpaired) electrons. The van der Waals surface area contributed by atoms with E-state index in [1.807, 2.05) is 5.01 Å². The molecule has 0 spiro atoms. The predicted octanol–water partition coefficient (Wildman–Crippen LogP) is 3.32. The summed E-state index contributed by atoms with van der Waals surface area (Å²) < 4.78 is 39.7. The summed E-state index contributed by atoms with van der Waals surface area (Å²) in [6.07, 6.45) is 4.62. The van der Waals surface area contributed by atoms with Gasteiger partial charge in [0.1, 0.15) is 6.17 Å². The third kappa shape index (κ3) is 5.10. The summed E-state index contributed by atoms with van der Waals surface area (Å²) in [6.45, 7) is 0.625. The zero-order valence-corrected chi connectivity index (χ0v) is 19.5. The Balaban J connectivity index is 1.24. The number of rotatable bonds is 5. The smallest absolute Gasteiger partial charge is 0.356 e. The van der Waals surface area contributed by atoms with E-state index in [0.29, 0.717) is 31.4 Å². The van der Waals surface area contributed by atoms with Crippen LogP contribution >= 0.6 is 0 Å². The number of hydrogen-bond acceptors (Lipinski definition) is 5. The summed E-state index contributed by atoms with van der Waals surface area (Å²) in [6, 6.07) is 4.37. The lowest BCUT2D eigenvalue weighted by molar-refractivity contribution is -0.143. The van der Waals surface area contributed by atoms with Crippen LogP contribution in [0.3, 0.4) is 0 Å². The maximum Gasteiger partial charge on any atom is 0.416 e. The van der Waals surface area contributed by atoms with E-state index in [2.05, 4.69) is 27.7 Å². The lowest BCUT2D eigenvalue weighted by Gasteiger charge is -2.46. The van der Waals surface area contributed by atoms with Gasteiger partial charge in [-0.25, -0.2) is 10.4 Å². The van der Waals surface area contributed by atoms with Crippen LogP contribution in [0.25, 0.3) is 0 Å². The molecule has 2 heterocycles. The lowest BCUT2D eigenvalue weighted by Crippen LogP contribution is -2.65. The topological polar surface area (TPSA) is 85.5 Å². The Morgan fingerprint density at radius 1 is 1.20 bits per heavy atom. The summed E-state index contributed by atoms with van der Waals surface area (Å²) >= 11 is 0. The van der Waals surface area contributed by atoms with E-state index in [1.54, 1.807) is 6.07 Å². The largest absolute Gasteiger partial charge is 0.416 e. The van der Waals surface area contributed by atoms with Crippen molar-refractivity contribution in [2.24, 2.45) is 11.8 Å². The molecular weight excluding hydrogens is 459 g/mol. The molecule has 0 aromatic heterocycles. The first-order chi connectivity index (χ1) is 16.8. The molecule has 2 aliphatic carbocycles. The highest BCUT2D eigenvalue weighted by atomic mass is 19.4. The van der Waals surface area contributed by atoms with Gasteiger partial charge in [-0.1, -0.05) is 23.8 Å². The maximum absolute atomic E-state index is 13.2. The van der Waals surface area contributed by atoms with Gasteiger partial charge < -0.3 is 10.6 Å². The van der Waals surface area contributed by atoms with Crippen molar-refractivity contribution in [2.75, 3.05) is 6.54 Å². The van der Waals surface area contributed by atoms with Crippen LogP contribution in [0.5, 0.6) is 0 Å². The molecule has 2 saturated heterocycles. The van der Waals surface area contributed by atoms with Crippen LogP contribution in [-0.2, 0) is 15.8 Å². The molecule has 4 aliphatic rings. The Morgan fingerprint density at radius 3 is 2.83 bits per heavy atom. The summed E-state index contributed by atoms with van der Waals surface area (Å²) in [4.78, 5) is 25.8. The van der Waals surface area contributed by atoms with Gasteiger partial charge in [0.25, 0.3) is 0 Å². The molecular formula is C25H32F3N5O2. The standard InChI is InChI=1S/C25H32F3N5O2/c26-25(27,28)18-8-4-7-16(13-18)21-22-30-24(35)19-10-9-17(14-20(19)33(22)32-31-21)23(34)29-12-11-15-5-2-1-3-6-15/h4-5,7-8,13,17,19-22,31-32H,1-3,6,9-12,14H2,(H,29,34)(H,30,35). The Kier molecular flexibility index (Phi) is 6.87. The molecule has 4 N–H and O–H groups in total. The fraction of sp³-hybridized carbons (Fsp3) is 0.600. The number of carbonyl (C=O) groups is 2. The minimum atomic E-state index is -4.44. The number of halogens is 3. The number of alkyl halides is 3. The number of fused-ring (bicyclic) bond motifs is 3. The second kappa shape index (κ2) is 9.91. The zero-order valence-electron chi connectivity index (χ0n) is 19.5. The molecule has 0 bridgehead atoms. The monoisotopic (exact) mass is 491 g/mol. The van der Waals surface area contributed by atoms with Crippen LogP contribution in [0, 0.1) is 11.8 Å². The summed E-state index contributed by atoms with van der Waals surface area (Å²) in [5.74, 6) is -0.555. The number of hydrazine groups is 2. The third-order valence-corrected chi connectivity index (χ3v) is 7.84. The van der Waals surface area contributed by atoms with Crippen molar-refractivity contribution in [1.82, 2.24) is 26.6 Å². The second-order valence-corrected chi connectivity index (χ2v) is 10.1. The van der Waals surface area contributed by atoms with Gasteiger partial charge in [-0.2, -0.15) is 18.7 Å². The molecule has 7 nitrogen and oxygen atoms in total. The number of carbonyl (C=O) groups excluding carboxylic acids is 2. The van der Waals surface area contributed by atoms with E-state index in [-0.39, 0.29) is 29.7 Å². The molecule has 35 heavy (non-hydrogen) atoms. The van der Waals surface area contributed by atoms with Crippen molar-refractivity contribution in [2.45, 2.75) is 75.8 Å². The van der Waals surface area contributed by atoms with Crippen molar-refractivity contribution in [1.29, 1.82) is 0 Å². The first-order valence-electron chi connectivity index (χ1n) is 12.5. The van der Waals surface area contributed by atoms with Crippen LogP contribution in [0.2, 0.25) is 0 Å². The van der Waals surface area contributed by atoms with Crippen LogP contribution < -0.4 is 21.6 Å². The van der Waals surface area contributed by atoms with E-state index >= 15 is 0 Å². The summed E-state index contributed by atoms with van der Waals surface area (Å²) in [5, 5.41) is 7.93. The Labute approximate surface area is 202 Å². The maximum atomic E-state index is 13.2. The number of amides is 2. The highest BCUT2D eigenvalue weighted by Gasteiger charge is 2.51.